The summed E-state index contributed by atoms with van der Waals surface area (Å²) < 4.78 is 5.21. The van der Waals surface area contributed by atoms with Crippen molar-refractivity contribution in [1.82, 2.24) is 4.90 Å². The molecule has 180 valence electrons. The van der Waals surface area contributed by atoms with Gasteiger partial charge in [0.25, 0.3) is 5.91 Å². The summed E-state index contributed by atoms with van der Waals surface area (Å²) in [7, 11) is 3.19. The lowest BCUT2D eigenvalue weighted by Gasteiger charge is -2.29. The van der Waals surface area contributed by atoms with Gasteiger partial charge in [-0.3, -0.25) is 14.4 Å². The summed E-state index contributed by atoms with van der Waals surface area (Å²) in [6.45, 7) is 1.24. The summed E-state index contributed by atoms with van der Waals surface area (Å²) in [5.41, 5.74) is 3.87. The largest absolute Gasteiger partial charge is 0.497 e. The zero-order valence-electron chi connectivity index (χ0n) is 20.0. The third kappa shape index (κ3) is 5.69. The molecular formula is C28H29N3O4. The van der Waals surface area contributed by atoms with Crippen molar-refractivity contribution >= 4 is 29.1 Å². The van der Waals surface area contributed by atoms with Gasteiger partial charge in [0, 0.05) is 44.7 Å². The van der Waals surface area contributed by atoms with E-state index in [1.54, 1.807) is 62.7 Å². The molecule has 0 aromatic heterocycles. The molecule has 0 saturated heterocycles. The van der Waals surface area contributed by atoms with Gasteiger partial charge in [0.05, 0.1) is 18.4 Å². The van der Waals surface area contributed by atoms with Crippen LogP contribution in [0.2, 0.25) is 0 Å². The number of nitrogens with zero attached hydrogens (tertiary/aromatic N) is 2. The number of amides is 3. The number of benzene rings is 3. The van der Waals surface area contributed by atoms with Crippen molar-refractivity contribution in [3.8, 4) is 5.75 Å². The van der Waals surface area contributed by atoms with Crippen LogP contribution in [0.1, 0.15) is 34.3 Å². The van der Waals surface area contributed by atoms with E-state index in [9.17, 15) is 14.4 Å². The topological polar surface area (TPSA) is 79.0 Å². The first-order valence-corrected chi connectivity index (χ1v) is 11.6. The van der Waals surface area contributed by atoms with Gasteiger partial charge in [-0.05, 0) is 41.8 Å². The predicted molar refractivity (Wildman–Crippen MR) is 136 cm³/mol. The van der Waals surface area contributed by atoms with Crippen molar-refractivity contribution in [3.05, 3.63) is 89.5 Å². The van der Waals surface area contributed by atoms with Crippen molar-refractivity contribution in [1.29, 1.82) is 0 Å². The molecule has 0 unspecified atom stereocenters. The maximum Gasteiger partial charge on any atom is 0.257 e. The Bertz CT molecular complexity index is 1240. The molecule has 1 heterocycles. The molecule has 3 amide bonds. The maximum atomic E-state index is 13.0. The number of hydrogen-bond donors (Lipinski definition) is 1. The van der Waals surface area contributed by atoms with E-state index in [4.69, 9.17) is 4.74 Å². The van der Waals surface area contributed by atoms with Crippen LogP contribution in [-0.2, 0) is 22.6 Å². The number of rotatable bonds is 7. The molecule has 4 rings (SSSR count). The number of ether oxygens (including phenoxy) is 1. The lowest BCUT2D eigenvalue weighted by Crippen LogP contribution is -2.37. The minimum Gasteiger partial charge on any atom is -0.497 e. The minimum absolute atomic E-state index is 0.0368. The van der Waals surface area contributed by atoms with Crippen molar-refractivity contribution in [3.63, 3.8) is 0 Å². The van der Waals surface area contributed by atoms with Crippen LogP contribution in [0.15, 0.2) is 72.8 Å². The predicted octanol–water partition coefficient (Wildman–Crippen LogP) is 4.28. The van der Waals surface area contributed by atoms with Gasteiger partial charge in [-0.25, -0.2) is 0 Å². The van der Waals surface area contributed by atoms with E-state index in [2.05, 4.69) is 11.4 Å². The number of nitrogens with one attached hydrogen (secondary N) is 1. The number of methoxy groups -OCH3 is 1. The van der Waals surface area contributed by atoms with E-state index in [0.29, 0.717) is 35.8 Å². The highest BCUT2D eigenvalue weighted by Gasteiger charge is 2.23. The summed E-state index contributed by atoms with van der Waals surface area (Å²) in [6, 6.07) is 22.1. The van der Waals surface area contributed by atoms with Crippen LogP contribution < -0.4 is 15.0 Å². The molecule has 0 saturated carbocycles. The second-order valence-corrected chi connectivity index (χ2v) is 8.49. The molecule has 1 aliphatic heterocycles. The minimum atomic E-state index is -0.337. The zero-order valence-corrected chi connectivity index (χ0v) is 20.0. The van der Waals surface area contributed by atoms with Crippen LogP contribution in [0.3, 0.4) is 0 Å². The van der Waals surface area contributed by atoms with Crippen molar-refractivity contribution in [2.45, 2.75) is 25.8 Å². The molecule has 3 aromatic carbocycles. The van der Waals surface area contributed by atoms with Gasteiger partial charge in [-0.1, -0.05) is 42.5 Å². The van der Waals surface area contributed by atoms with Gasteiger partial charge in [-0.2, -0.15) is 0 Å². The van der Waals surface area contributed by atoms with E-state index in [-0.39, 0.29) is 30.6 Å². The Labute approximate surface area is 205 Å². The number of hydrogen-bond acceptors (Lipinski definition) is 4. The van der Waals surface area contributed by atoms with Crippen LogP contribution in [0.4, 0.5) is 11.4 Å². The Kier molecular flexibility index (Phi) is 7.45. The van der Waals surface area contributed by atoms with E-state index in [1.807, 2.05) is 23.1 Å². The fourth-order valence-corrected chi connectivity index (χ4v) is 4.24. The third-order valence-electron chi connectivity index (χ3n) is 6.25. The standard InChI is InChI=1S/C28H29N3O4/c1-30(26(32)14-15-27(33)31-17-16-20-8-3-4-9-21(20)19-31)25-13-6-5-12-24(25)28(34)29-22-10-7-11-23(18-22)35-2/h3-13,18H,14-17,19H2,1-2H3,(H,29,34). The molecule has 3 aromatic rings. The van der Waals surface area contributed by atoms with Gasteiger partial charge in [0.15, 0.2) is 0 Å². The second kappa shape index (κ2) is 10.9. The first kappa shape index (κ1) is 24.0. The monoisotopic (exact) mass is 471 g/mol. The van der Waals surface area contributed by atoms with E-state index in [1.165, 1.54) is 10.5 Å². The van der Waals surface area contributed by atoms with Crippen molar-refractivity contribution in [2.24, 2.45) is 0 Å². The molecule has 0 fully saturated rings. The fourth-order valence-electron chi connectivity index (χ4n) is 4.24. The summed E-state index contributed by atoms with van der Waals surface area (Å²) in [5.74, 6) is 0.0319. The van der Waals surface area contributed by atoms with Gasteiger partial charge < -0.3 is 19.9 Å². The molecule has 0 aliphatic carbocycles. The Morgan fingerprint density at radius 2 is 1.69 bits per heavy atom. The smallest absolute Gasteiger partial charge is 0.257 e. The molecule has 35 heavy (non-hydrogen) atoms. The van der Waals surface area contributed by atoms with E-state index >= 15 is 0 Å². The van der Waals surface area contributed by atoms with Gasteiger partial charge in [0.1, 0.15) is 5.75 Å². The lowest BCUT2D eigenvalue weighted by molar-refractivity contribution is -0.134. The first-order chi connectivity index (χ1) is 17.0. The van der Waals surface area contributed by atoms with Crippen LogP contribution in [0, 0.1) is 0 Å². The molecule has 0 atom stereocenters. The van der Waals surface area contributed by atoms with Crippen molar-refractivity contribution < 1.29 is 19.1 Å². The molecule has 1 N–H and O–H groups in total. The normalized spacial score (nSPS) is 12.5. The number of para-hydroxylation sites is 1. The summed E-state index contributed by atoms with van der Waals surface area (Å²) in [4.78, 5) is 42.0. The highest BCUT2D eigenvalue weighted by Crippen LogP contribution is 2.24. The molecule has 7 heteroatoms. The van der Waals surface area contributed by atoms with Crippen LogP contribution in [0.5, 0.6) is 5.75 Å². The fraction of sp³-hybridized carbons (Fsp3) is 0.250. The Hall–Kier alpha value is -4.13. The average molecular weight is 472 g/mol. The zero-order chi connectivity index (χ0) is 24.8. The van der Waals surface area contributed by atoms with Crippen LogP contribution in [0.25, 0.3) is 0 Å². The second-order valence-electron chi connectivity index (χ2n) is 8.49. The number of carbonyl (C=O) groups excluding carboxylic acids is 3. The quantitative estimate of drug-likeness (QED) is 0.558. The third-order valence-corrected chi connectivity index (χ3v) is 6.25. The molecule has 1 aliphatic rings. The van der Waals surface area contributed by atoms with E-state index < -0.39 is 0 Å². The number of anilines is 2. The summed E-state index contributed by atoms with van der Waals surface area (Å²) in [5, 5.41) is 2.85. The Morgan fingerprint density at radius 1 is 0.943 bits per heavy atom. The molecule has 7 nitrogen and oxygen atoms in total. The molecule has 0 spiro atoms. The molecule has 0 radical (unpaired) electrons. The van der Waals surface area contributed by atoms with Crippen LogP contribution in [-0.4, -0.2) is 43.3 Å². The maximum absolute atomic E-state index is 13.0. The number of carbonyl (C=O) groups is 3. The van der Waals surface area contributed by atoms with Gasteiger partial charge in [0.2, 0.25) is 11.8 Å². The Balaban J connectivity index is 1.38. The van der Waals surface area contributed by atoms with Gasteiger partial charge in [-0.15, -0.1) is 0 Å². The van der Waals surface area contributed by atoms with Crippen LogP contribution >= 0.6 is 0 Å². The lowest BCUT2D eigenvalue weighted by atomic mass is 9.99. The Morgan fingerprint density at radius 3 is 2.49 bits per heavy atom. The highest BCUT2D eigenvalue weighted by atomic mass is 16.5. The highest BCUT2D eigenvalue weighted by molar-refractivity contribution is 6.10. The number of fused-ring (bicyclic) bond motifs is 1. The first-order valence-electron chi connectivity index (χ1n) is 11.6. The summed E-state index contributed by atoms with van der Waals surface area (Å²) >= 11 is 0. The SMILES string of the molecule is COc1cccc(NC(=O)c2ccccc2N(C)C(=O)CCC(=O)N2CCc3ccccc3C2)c1. The average Bonchev–Trinajstić information content (AvgIpc) is 2.90. The molecule has 0 bridgehead atoms. The molecular weight excluding hydrogens is 442 g/mol. The van der Waals surface area contributed by atoms with Crippen molar-refractivity contribution in [2.75, 3.05) is 30.9 Å². The van der Waals surface area contributed by atoms with Gasteiger partial charge >= 0.3 is 0 Å². The van der Waals surface area contributed by atoms with E-state index in [0.717, 1.165) is 12.0 Å². The summed E-state index contributed by atoms with van der Waals surface area (Å²) in [6.07, 6.45) is 1.02.